The molecule has 0 spiro atoms. The minimum Gasteiger partial charge on any atom is -0.345 e. The van der Waals surface area contributed by atoms with Gasteiger partial charge in [0.1, 0.15) is 5.65 Å². The molecular formula is C15H20N4O. The molecule has 1 amide bonds. The number of carbonyl (C=O) groups excluding carboxylic acids is 1. The first-order valence-corrected chi connectivity index (χ1v) is 7.03. The fourth-order valence-electron chi connectivity index (χ4n) is 2.75. The molecule has 0 bridgehead atoms. The number of aromatic nitrogens is 2. The van der Waals surface area contributed by atoms with E-state index in [2.05, 4.69) is 15.6 Å². The Morgan fingerprint density at radius 1 is 1.50 bits per heavy atom. The van der Waals surface area contributed by atoms with E-state index in [1.165, 1.54) is 0 Å². The van der Waals surface area contributed by atoms with E-state index < -0.39 is 5.54 Å². The summed E-state index contributed by atoms with van der Waals surface area (Å²) >= 11 is 0. The van der Waals surface area contributed by atoms with Crippen LogP contribution >= 0.6 is 0 Å². The van der Waals surface area contributed by atoms with Crippen molar-refractivity contribution >= 4 is 11.6 Å². The third-order valence-corrected chi connectivity index (χ3v) is 3.92. The zero-order valence-corrected chi connectivity index (χ0v) is 11.9. The van der Waals surface area contributed by atoms with E-state index in [1.54, 1.807) is 0 Å². The van der Waals surface area contributed by atoms with Crippen LogP contribution in [0.25, 0.3) is 5.65 Å². The van der Waals surface area contributed by atoms with Crippen molar-refractivity contribution in [3.05, 3.63) is 36.3 Å². The van der Waals surface area contributed by atoms with E-state index in [4.69, 9.17) is 0 Å². The van der Waals surface area contributed by atoms with Gasteiger partial charge in [-0.05, 0) is 38.9 Å². The number of fused-ring (bicyclic) bond motifs is 1. The predicted octanol–water partition coefficient (Wildman–Crippen LogP) is 1.30. The van der Waals surface area contributed by atoms with Gasteiger partial charge in [-0.3, -0.25) is 4.79 Å². The van der Waals surface area contributed by atoms with Gasteiger partial charge in [0.05, 0.1) is 23.3 Å². The predicted molar refractivity (Wildman–Crippen MR) is 77.3 cm³/mol. The lowest BCUT2D eigenvalue weighted by atomic mass is 9.99. The molecule has 0 unspecified atom stereocenters. The monoisotopic (exact) mass is 272 g/mol. The summed E-state index contributed by atoms with van der Waals surface area (Å²) in [6.07, 6.45) is 4.72. The summed E-state index contributed by atoms with van der Waals surface area (Å²) in [5.41, 5.74) is 1.44. The number of hydrogen-bond donors (Lipinski definition) is 2. The van der Waals surface area contributed by atoms with Crippen molar-refractivity contribution in [3.8, 4) is 0 Å². The van der Waals surface area contributed by atoms with E-state index >= 15 is 0 Å². The Kier molecular flexibility index (Phi) is 3.22. The normalized spacial score (nSPS) is 19.4. The lowest BCUT2D eigenvalue weighted by molar-refractivity contribution is -0.126. The Hall–Kier alpha value is -1.88. The fraction of sp³-hybridized carbons (Fsp3) is 0.467. The maximum Gasteiger partial charge on any atom is 0.225 e. The largest absolute Gasteiger partial charge is 0.345 e. The maximum atomic E-state index is 12.3. The molecule has 3 rings (SSSR count). The Morgan fingerprint density at radius 3 is 3.10 bits per heavy atom. The van der Waals surface area contributed by atoms with Gasteiger partial charge in [0.2, 0.25) is 5.91 Å². The molecule has 2 aromatic heterocycles. The lowest BCUT2D eigenvalue weighted by Crippen LogP contribution is -2.45. The van der Waals surface area contributed by atoms with Gasteiger partial charge < -0.3 is 15.0 Å². The number of nitrogens with zero attached hydrogens (tertiary/aromatic N) is 2. The second kappa shape index (κ2) is 4.90. The first kappa shape index (κ1) is 13.1. The van der Waals surface area contributed by atoms with Gasteiger partial charge in [0.25, 0.3) is 0 Å². The van der Waals surface area contributed by atoms with Gasteiger partial charge >= 0.3 is 0 Å². The number of amides is 1. The van der Waals surface area contributed by atoms with Crippen LogP contribution in [-0.4, -0.2) is 28.4 Å². The smallest absolute Gasteiger partial charge is 0.225 e. The molecule has 0 aliphatic carbocycles. The van der Waals surface area contributed by atoms with Gasteiger partial charge in [-0.1, -0.05) is 6.07 Å². The van der Waals surface area contributed by atoms with Gasteiger partial charge in [0.15, 0.2) is 0 Å². The van der Waals surface area contributed by atoms with Crippen molar-refractivity contribution in [2.75, 3.05) is 13.1 Å². The highest BCUT2D eigenvalue weighted by Crippen LogP contribution is 2.22. The van der Waals surface area contributed by atoms with Crippen molar-refractivity contribution in [3.63, 3.8) is 0 Å². The average Bonchev–Trinajstić information content (AvgIpc) is 3.08. The van der Waals surface area contributed by atoms with Crippen LogP contribution < -0.4 is 10.6 Å². The molecule has 1 atom stereocenters. The molecule has 106 valence electrons. The Labute approximate surface area is 118 Å². The van der Waals surface area contributed by atoms with Gasteiger partial charge in [-0.15, -0.1) is 0 Å². The summed E-state index contributed by atoms with van der Waals surface area (Å²) < 4.78 is 2.02. The van der Waals surface area contributed by atoms with Gasteiger partial charge in [0, 0.05) is 12.7 Å². The summed E-state index contributed by atoms with van der Waals surface area (Å²) in [4.78, 5) is 16.7. The molecule has 0 radical (unpaired) electrons. The van der Waals surface area contributed by atoms with Crippen molar-refractivity contribution in [2.24, 2.45) is 5.92 Å². The van der Waals surface area contributed by atoms with Crippen LogP contribution in [0.1, 0.15) is 26.0 Å². The van der Waals surface area contributed by atoms with Crippen molar-refractivity contribution in [2.45, 2.75) is 25.8 Å². The molecule has 2 N–H and O–H groups in total. The Morgan fingerprint density at radius 2 is 2.35 bits per heavy atom. The van der Waals surface area contributed by atoms with Crippen molar-refractivity contribution in [1.29, 1.82) is 0 Å². The van der Waals surface area contributed by atoms with Crippen LogP contribution in [-0.2, 0) is 10.3 Å². The van der Waals surface area contributed by atoms with Crippen LogP contribution in [0.3, 0.4) is 0 Å². The number of pyridine rings is 1. The van der Waals surface area contributed by atoms with E-state index in [0.717, 1.165) is 30.9 Å². The maximum absolute atomic E-state index is 12.3. The first-order valence-electron chi connectivity index (χ1n) is 7.03. The molecule has 0 aromatic carbocycles. The topological polar surface area (TPSA) is 58.4 Å². The van der Waals surface area contributed by atoms with E-state index in [1.807, 2.05) is 48.8 Å². The van der Waals surface area contributed by atoms with E-state index in [-0.39, 0.29) is 11.8 Å². The molecule has 20 heavy (non-hydrogen) atoms. The Balaban J connectivity index is 1.85. The highest BCUT2D eigenvalue weighted by molar-refractivity contribution is 5.80. The van der Waals surface area contributed by atoms with Crippen molar-refractivity contribution in [1.82, 2.24) is 20.0 Å². The summed E-state index contributed by atoms with van der Waals surface area (Å²) in [6.45, 7) is 5.73. The standard InChI is InChI=1S/C15H20N4O/c1-15(2,18-14(20)11-6-7-16-9-11)12-10-17-13-5-3-4-8-19(12)13/h3-5,8,10-11,16H,6-7,9H2,1-2H3,(H,18,20)/t11-/m1/s1. The van der Waals surface area contributed by atoms with Crippen LogP contribution in [0.2, 0.25) is 0 Å². The quantitative estimate of drug-likeness (QED) is 0.885. The molecule has 5 heteroatoms. The highest BCUT2D eigenvalue weighted by Gasteiger charge is 2.30. The Bertz CT molecular complexity index is 626. The molecular weight excluding hydrogens is 252 g/mol. The fourth-order valence-corrected chi connectivity index (χ4v) is 2.75. The molecule has 1 aliphatic heterocycles. The van der Waals surface area contributed by atoms with Crippen LogP contribution in [0, 0.1) is 5.92 Å². The molecule has 1 fully saturated rings. The average molecular weight is 272 g/mol. The minimum absolute atomic E-state index is 0.0773. The summed E-state index contributed by atoms with van der Waals surface area (Å²) in [5, 5.41) is 6.38. The number of rotatable bonds is 3. The SMILES string of the molecule is CC(C)(NC(=O)[C@@H]1CCNC1)c1cnc2ccccn12. The van der Waals surface area contributed by atoms with Crippen LogP contribution in [0.4, 0.5) is 0 Å². The summed E-state index contributed by atoms with van der Waals surface area (Å²) in [5.74, 6) is 0.194. The second-order valence-corrected chi connectivity index (χ2v) is 5.88. The van der Waals surface area contributed by atoms with Crippen LogP contribution in [0.5, 0.6) is 0 Å². The zero-order chi connectivity index (χ0) is 14.2. The third-order valence-electron chi connectivity index (χ3n) is 3.92. The summed E-state index contributed by atoms with van der Waals surface area (Å²) in [7, 11) is 0. The third kappa shape index (κ3) is 2.29. The van der Waals surface area contributed by atoms with Crippen molar-refractivity contribution < 1.29 is 4.79 Å². The van der Waals surface area contributed by atoms with E-state index in [0.29, 0.717) is 0 Å². The molecule has 3 heterocycles. The molecule has 1 saturated heterocycles. The van der Waals surface area contributed by atoms with Crippen LogP contribution in [0.15, 0.2) is 30.6 Å². The van der Waals surface area contributed by atoms with E-state index in [9.17, 15) is 4.79 Å². The molecule has 2 aromatic rings. The number of imidazole rings is 1. The van der Waals surface area contributed by atoms with Gasteiger partial charge in [-0.2, -0.15) is 0 Å². The molecule has 0 saturated carbocycles. The number of hydrogen-bond acceptors (Lipinski definition) is 3. The van der Waals surface area contributed by atoms with Gasteiger partial charge in [-0.25, -0.2) is 4.98 Å². The highest BCUT2D eigenvalue weighted by atomic mass is 16.2. The minimum atomic E-state index is -0.444. The molecule has 5 nitrogen and oxygen atoms in total. The second-order valence-electron chi connectivity index (χ2n) is 5.88. The lowest BCUT2D eigenvalue weighted by Gasteiger charge is -2.27. The number of carbonyl (C=O) groups is 1. The summed E-state index contributed by atoms with van der Waals surface area (Å²) in [6, 6.07) is 5.89. The zero-order valence-electron chi connectivity index (χ0n) is 11.9. The molecule has 1 aliphatic rings. The number of nitrogens with one attached hydrogen (secondary N) is 2. The first-order chi connectivity index (χ1) is 9.58.